The van der Waals surface area contributed by atoms with Crippen LogP contribution in [0.15, 0.2) is 41.3 Å². The minimum Gasteiger partial charge on any atom is -0.345 e. The highest BCUT2D eigenvalue weighted by molar-refractivity contribution is 6.30. The smallest absolute Gasteiger partial charge is 0.272 e. The van der Waals surface area contributed by atoms with Crippen LogP contribution >= 0.6 is 11.6 Å². The van der Waals surface area contributed by atoms with Crippen LogP contribution in [0.25, 0.3) is 5.65 Å². The van der Waals surface area contributed by atoms with Crippen LogP contribution in [-0.4, -0.2) is 44.9 Å². The van der Waals surface area contributed by atoms with Crippen molar-refractivity contribution in [2.75, 3.05) is 18.9 Å². The first-order chi connectivity index (χ1) is 12.9. The van der Waals surface area contributed by atoms with E-state index in [1.54, 1.807) is 36.2 Å². The molecule has 3 aromatic rings. The summed E-state index contributed by atoms with van der Waals surface area (Å²) in [5.41, 5.74) is 1.22. The van der Waals surface area contributed by atoms with Crippen LogP contribution in [0.4, 0.5) is 5.69 Å². The molecule has 1 atom stereocenters. The minimum absolute atomic E-state index is 0.0109. The number of carbonyl (C=O) groups excluding carboxylic acids is 2. The van der Waals surface area contributed by atoms with Gasteiger partial charge in [0.05, 0.1) is 5.69 Å². The molecule has 0 spiro atoms. The number of likely N-dealkylation sites (tertiary alicyclic amines) is 1. The lowest BCUT2D eigenvalue weighted by atomic mass is 10.0. The van der Waals surface area contributed by atoms with E-state index in [2.05, 4.69) is 15.4 Å². The number of anilines is 1. The zero-order chi connectivity index (χ0) is 19.1. The van der Waals surface area contributed by atoms with Crippen LogP contribution in [0, 0.1) is 0 Å². The summed E-state index contributed by atoms with van der Waals surface area (Å²) in [6, 6.07) is 8.10. The molecule has 0 saturated carbocycles. The van der Waals surface area contributed by atoms with Crippen molar-refractivity contribution >= 4 is 34.7 Å². The fourth-order valence-corrected chi connectivity index (χ4v) is 3.29. The van der Waals surface area contributed by atoms with Gasteiger partial charge >= 0.3 is 0 Å². The van der Waals surface area contributed by atoms with Crippen LogP contribution in [-0.2, 0) is 4.79 Å². The van der Waals surface area contributed by atoms with Gasteiger partial charge in [-0.25, -0.2) is 9.50 Å². The number of amides is 2. The van der Waals surface area contributed by atoms with E-state index >= 15 is 0 Å². The number of H-pyrrole nitrogens is 1. The van der Waals surface area contributed by atoms with Crippen molar-refractivity contribution in [1.29, 1.82) is 0 Å². The molecular weight excluding hydrogens is 370 g/mol. The standard InChI is InChI=1S/C18H16ClN5O3/c1-23-9-10(6-15(23)25)14-7-16(26)24-17(22-14)13(8-20-24)18(27)21-12-4-2-11(19)3-5-12/h2-5,7-8,10,20H,6,9H2,1H3,(H,21,27). The highest BCUT2D eigenvalue weighted by atomic mass is 35.5. The molecule has 2 N–H and O–H groups in total. The lowest BCUT2D eigenvalue weighted by Crippen LogP contribution is -2.21. The summed E-state index contributed by atoms with van der Waals surface area (Å²) >= 11 is 5.85. The summed E-state index contributed by atoms with van der Waals surface area (Å²) in [4.78, 5) is 42.9. The maximum absolute atomic E-state index is 12.6. The molecular formula is C18H16ClN5O3. The Labute approximate surface area is 158 Å². The van der Waals surface area contributed by atoms with Crippen LogP contribution in [0.1, 0.15) is 28.4 Å². The van der Waals surface area contributed by atoms with E-state index in [4.69, 9.17) is 11.6 Å². The number of aromatic nitrogens is 3. The van der Waals surface area contributed by atoms with E-state index in [9.17, 15) is 14.4 Å². The number of aromatic amines is 1. The Morgan fingerprint density at radius 3 is 2.70 bits per heavy atom. The fourth-order valence-electron chi connectivity index (χ4n) is 3.17. The molecule has 27 heavy (non-hydrogen) atoms. The Balaban J connectivity index is 1.69. The van der Waals surface area contributed by atoms with Crippen molar-refractivity contribution in [2.45, 2.75) is 12.3 Å². The SMILES string of the molecule is CN1CC(c2cc(=O)n3[nH]cc(C(=O)Nc4ccc(Cl)cc4)c3n2)CC1=O. The van der Waals surface area contributed by atoms with E-state index in [1.165, 1.54) is 16.8 Å². The van der Waals surface area contributed by atoms with Gasteiger partial charge in [0, 0.05) is 48.9 Å². The van der Waals surface area contributed by atoms with Crippen LogP contribution < -0.4 is 10.9 Å². The molecule has 3 heterocycles. The van der Waals surface area contributed by atoms with Gasteiger partial charge in [-0.3, -0.25) is 19.5 Å². The number of likely N-dealkylation sites (N-methyl/N-ethyl adjacent to an activating group) is 1. The number of benzene rings is 1. The molecule has 1 aliphatic rings. The van der Waals surface area contributed by atoms with Gasteiger partial charge in [0.1, 0.15) is 5.56 Å². The Kier molecular flexibility index (Phi) is 4.19. The molecule has 4 rings (SSSR count). The van der Waals surface area contributed by atoms with Crippen LogP contribution in [0.5, 0.6) is 0 Å². The Morgan fingerprint density at radius 2 is 2.04 bits per heavy atom. The maximum atomic E-state index is 12.6. The van der Waals surface area contributed by atoms with E-state index in [0.29, 0.717) is 29.4 Å². The number of halogens is 1. The molecule has 1 unspecified atom stereocenters. The largest absolute Gasteiger partial charge is 0.345 e. The van der Waals surface area contributed by atoms with Gasteiger partial charge in [-0.15, -0.1) is 0 Å². The summed E-state index contributed by atoms with van der Waals surface area (Å²) in [5, 5.41) is 6.06. The van der Waals surface area contributed by atoms with Crippen molar-refractivity contribution in [3.05, 3.63) is 63.2 Å². The average Bonchev–Trinajstić information content (AvgIpc) is 3.21. The van der Waals surface area contributed by atoms with Crippen molar-refractivity contribution in [2.24, 2.45) is 0 Å². The second kappa shape index (κ2) is 6.55. The van der Waals surface area contributed by atoms with Gasteiger partial charge in [0.25, 0.3) is 11.5 Å². The zero-order valence-corrected chi connectivity index (χ0v) is 15.2. The van der Waals surface area contributed by atoms with Gasteiger partial charge in [0.2, 0.25) is 5.91 Å². The average molecular weight is 386 g/mol. The predicted molar refractivity (Wildman–Crippen MR) is 100 cm³/mol. The molecule has 2 aromatic heterocycles. The van der Waals surface area contributed by atoms with Gasteiger partial charge in [-0.05, 0) is 24.3 Å². The third-order valence-electron chi connectivity index (χ3n) is 4.62. The van der Waals surface area contributed by atoms with Crippen molar-refractivity contribution < 1.29 is 9.59 Å². The van der Waals surface area contributed by atoms with E-state index in [-0.39, 0.29) is 28.6 Å². The number of nitrogens with one attached hydrogen (secondary N) is 2. The molecule has 1 aromatic carbocycles. The summed E-state index contributed by atoms with van der Waals surface area (Å²) in [5.74, 6) is -0.557. The molecule has 0 aliphatic carbocycles. The summed E-state index contributed by atoms with van der Waals surface area (Å²) in [6.45, 7) is 0.498. The second-order valence-electron chi connectivity index (χ2n) is 6.50. The summed E-state index contributed by atoms with van der Waals surface area (Å²) in [6.07, 6.45) is 1.74. The topological polar surface area (TPSA) is 99.6 Å². The zero-order valence-electron chi connectivity index (χ0n) is 14.4. The van der Waals surface area contributed by atoms with Crippen LogP contribution in [0.2, 0.25) is 5.02 Å². The molecule has 2 amide bonds. The van der Waals surface area contributed by atoms with E-state index < -0.39 is 5.91 Å². The molecule has 1 fully saturated rings. The van der Waals surface area contributed by atoms with Crippen LogP contribution in [0.3, 0.4) is 0 Å². The number of fused-ring (bicyclic) bond motifs is 1. The first-order valence-corrected chi connectivity index (χ1v) is 8.72. The van der Waals surface area contributed by atoms with Crippen molar-refractivity contribution in [1.82, 2.24) is 19.5 Å². The van der Waals surface area contributed by atoms with Gasteiger partial charge < -0.3 is 10.2 Å². The normalized spacial score (nSPS) is 16.9. The number of rotatable bonds is 3. The quantitative estimate of drug-likeness (QED) is 0.718. The number of carbonyl (C=O) groups is 2. The molecule has 138 valence electrons. The lowest BCUT2D eigenvalue weighted by Gasteiger charge is -2.10. The molecule has 0 bridgehead atoms. The predicted octanol–water partition coefficient (Wildman–Crippen LogP) is 1.87. The molecule has 1 aliphatic heterocycles. The first kappa shape index (κ1) is 17.3. The van der Waals surface area contributed by atoms with Gasteiger partial charge in [-0.1, -0.05) is 11.6 Å². The Bertz CT molecular complexity index is 1100. The van der Waals surface area contributed by atoms with Crippen molar-refractivity contribution in [3.63, 3.8) is 0 Å². The number of nitrogens with zero attached hydrogens (tertiary/aromatic N) is 3. The third-order valence-corrected chi connectivity index (χ3v) is 4.88. The summed E-state index contributed by atoms with van der Waals surface area (Å²) in [7, 11) is 1.72. The molecule has 8 nitrogen and oxygen atoms in total. The second-order valence-corrected chi connectivity index (χ2v) is 6.94. The van der Waals surface area contributed by atoms with Gasteiger partial charge in [-0.2, -0.15) is 0 Å². The molecule has 9 heteroatoms. The highest BCUT2D eigenvalue weighted by Crippen LogP contribution is 2.25. The number of hydrogen-bond donors (Lipinski definition) is 2. The third kappa shape index (κ3) is 3.19. The molecule has 0 radical (unpaired) electrons. The molecule has 1 saturated heterocycles. The highest BCUT2D eigenvalue weighted by Gasteiger charge is 2.30. The maximum Gasteiger partial charge on any atom is 0.272 e. The van der Waals surface area contributed by atoms with E-state index in [0.717, 1.165) is 0 Å². The number of hydrogen-bond acceptors (Lipinski definition) is 4. The first-order valence-electron chi connectivity index (χ1n) is 8.34. The van der Waals surface area contributed by atoms with E-state index in [1.807, 2.05) is 0 Å². The Hall–Kier alpha value is -3.13. The monoisotopic (exact) mass is 385 g/mol. The summed E-state index contributed by atoms with van der Waals surface area (Å²) < 4.78 is 1.21. The van der Waals surface area contributed by atoms with Crippen molar-refractivity contribution in [3.8, 4) is 0 Å². The minimum atomic E-state index is -0.403. The van der Waals surface area contributed by atoms with Gasteiger partial charge in [0.15, 0.2) is 5.65 Å². The fraction of sp³-hybridized carbons (Fsp3) is 0.222. The lowest BCUT2D eigenvalue weighted by molar-refractivity contribution is -0.126. The Morgan fingerprint density at radius 1 is 1.30 bits per heavy atom.